The maximum Gasteiger partial charge on any atom is 0.324 e. The van der Waals surface area contributed by atoms with Crippen molar-refractivity contribution in [2.75, 3.05) is 4.90 Å². The van der Waals surface area contributed by atoms with Crippen LogP contribution in [0.25, 0.3) is 5.69 Å². The molecule has 0 saturated carbocycles. The van der Waals surface area contributed by atoms with E-state index < -0.39 is 41.2 Å². The molecule has 0 radical (unpaired) electrons. The Bertz CT molecular complexity index is 1560. The quantitative estimate of drug-likeness (QED) is 0.452. The third-order valence-electron chi connectivity index (χ3n) is 8.09. The molecule has 0 bridgehead atoms. The van der Waals surface area contributed by atoms with Crippen LogP contribution < -0.4 is 15.8 Å². The standard InChI is InChI=1S/C29H31ClN4O5/c1-15(2)14-29(28(38)39)23-22(25(35)33(27(23)37)19-12-11-16(3)20(30)13-19)24(31-29)21-17(4)32(5)34(26(21)36)18-9-7-6-8-10-18/h6-13,15,22-24,31H,14H2,1-5H3,(H,38,39). The number of aromatic nitrogens is 2. The van der Waals surface area contributed by atoms with Gasteiger partial charge in [0.05, 0.1) is 34.8 Å². The van der Waals surface area contributed by atoms with Crippen molar-refractivity contribution in [2.45, 2.75) is 45.7 Å². The summed E-state index contributed by atoms with van der Waals surface area (Å²) in [6.07, 6.45) is 0.0975. The summed E-state index contributed by atoms with van der Waals surface area (Å²) in [6.45, 7) is 7.30. The van der Waals surface area contributed by atoms with Crippen LogP contribution in [0.4, 0.5) is 5.69 Å². The van der Waals surface area contributed by atoms with Crippen LogP contribution in [-0.2, 0) is 21.4 Å². The highest BCUT2D eigenvalue weighted by atomic mass is 35.5. The summed E-state index contributed by atoms with van der Waals surface area (Å²) in [5.74, 6) is -4.81. The molecule has 5 rings (SSSR count). The molecule has 1 aromatic heterocycles. The van der Waals surface area contributed by atoms with Gasteiger partial charge in [0.15, 0.2) is 0 Å². The number of nitrogens with one attached hydrogen (secondary N) is 1. The lowest BCUT2D eigenvalue weighted by Crippen LogP contribution is -2.56. The van der Waals surface area contributed by atoms with Gasteiger partial charge in [0.1, 0.15) is 5.54 Å². The molecule has 3 heterocycles. The maximum atomic E-state index is 14.1. The molecular formula is C29H31ClN4O5. The number of fused-ring (bicyclic) bond motifs is 1. The second-order valence-corrected chi connectivity index (χ2v) is 11.3. The first-order valence-corrected chi connectivity index (χ1v) is 13.3. The summed E-state index contributed by atoms with van der Waals surface area (Å²) in [7, 11) is 1.74. The van der Waals surface area contributed by atoms with E-state index in [1.165, 1.54) is 10.7 Å². The Balaban J connectivity index is 1.72. The van der Waals surface area contributed by atoms with Gasteiger partial charge in [0, 0.05) is 17.8 Å². The number of hydrogen-bond acceptors (Lipinski definition) is 5. The fourth-order valence-corrected chi connectivity index (χ4v) is 6.46. The number of imide groups is 1. The van der Waals surface area contributed by atoms with Gasteiger partial charge in [-0.2, -0.15) is 0 Å². The van der Waals surface area contributed by atoms with Crippen molar-refractivity contribution >= 4 is 35.1 Å². The first kappa shape index (κ1) is 26.9. The third kappa shape index (κ3) is 3.94. The van der Waals surface area contributed by atoms with Crippen LogP contribution in [0.15, 0.2) is 53.3 Å². The van der Waals surface area contributed by atoms with Gasteiger partial charge in [0.2, 0.25) is 11.8 Å². The van der Waals surface area contributed by atoms with Crippen molar-refractivity contribution in [3.05, 3.63) is 80.7 Å². The molecule has 2 N–H and O–H groups in total. The molecule has 2 aliphatic heterocycles. The summed E-state index contributed by atoms with van der Waals surface area (Å²) in [6, 6.07) is 12.9. The first-order chi connectivity index (χ1) is 18.4. The second kappa shape index (κ2) is 9.50. The molecule has 3 aromatic rings. The number of benzene rings is 2. The number of para-hydroxylation sites is 1. The average molecular weight is 551 g/mol. The largest absolute Gasteiger partial charge is 0.480 e. The van der Waals surface area contributed by atoms with Crippen LogP contribution in [-0.4, -0.2) is 37.8 Å². The molecule has 2 saturated heterocycles. The van der Waals surface area contributed by atoms with Gasteiger partial charge in [0.25, 0.3) is 5.56 Å². The zero-order chi connectivity index (χ0) is 28.4. The van der Waals surface area contributed by atoms with Gasteiger partial charge in [-0.1, -0.05) is 49.7 Å². The van der Waals surface area contributed by atoms with E-state index >= 15 is 0 Å². The molecule has 0 spiro atoms. The first-order valence-electron chi connectivity index (χ1n) is 12.9. The van der Waals surface area contributed by atoms with Crippen LogP contribution in [0.1, 0.15) is 43.1 Å². The van der Waals surface area contributed by atoms with Crippen molar-refractivity contribution in [1.82, 2.24) is 14.7 Å². The Morgan fingerprint density at radius 1 is 1.05 bits per heavy atom. The van der Waals surface area contributed by atoms with Crippen molar-refractivity contribution in [3.8, 4) is 5.69 Å². The number of halogens is 1. The van der Waals surface area contributed by atoms with Gasteiger partial charge >= 0.3 is 5.97 Å². The maximum absolute atomic E-state index is 14.1. The highest BCUT2D eigenvalue weighted by molar-refractivity contribution is 6.32. The Morgan fingerprint density at radius 3 is 2.31 bits per heavy atom. The number of amides is 2. The van der Waals surface area contributed by atoms with Gasteiger partial charge < -0.3 is 5.11 Å². The number of carboxylic acids is 1. The number of carboxylic acid groups (broad SMARTS) is 1. The molecule has 0 aliphatic carbocycles. The zero-order valence-electron chi connectivity index (χ0n) is 22.4. The van der Waals surface area contributed by atoms with Crippen LogP contribution in [0.5, 0.6) is 0 Å². The molecule has 2 fully saturated rings. The number of carbonyl (C=O) groups is 3. The average Bonchev–Trinajstić information content (AvgIpc) is 3.43. The van der Waals surface area contributed by atoms with E-state index in [2.05, 4.69) is 5.32 Å². The van der Waals surface area contributed by atoms with Crippen LogP contribution >= 0.6 is 11.6 Å². The van der Waals surface area contributed by atoms with E-state index in [1.54, 1.807) is 42.9 Å². The van der Waals surface area contributed by atoms with E-state index in [1.807, 2.05) is 39.0 Å². The Kier molecular flexibility index (Phi) is 6.55. The van der Waals surface area contributed by atoms with E-state index in [0.29, 0.717) is 16.4 Å². The smallest absolute Gasteiger partial charge is 0.324 e. The molecule has 2 amide bonds. The van der Waals surface area contributed by atoms with E-state index in [9.17, 15) is 24.3 Å². The summed E-state index contributed by atoms with van der Waals surface area (Å²) in [5.41, 5.74) is 0.414. The summed E-state index contributed by atoms with van der Waals surface area (Å²) in [5, 5.41) is 14.1. The van der Waals surface area contributed by atoms with Crippen molar-refractivity contribution in [2.24, 2.45) is 24.8 Å². The number of hydrogen-bond donors (Lipinski definition) is 2. The molecule has 10 heteroatoms. The lowest BCUT2D eigenvalue weighted by atomic mass is 9.75. The van der Waals surface area contributed by atoms with Gasteiger partial charge in [-0.3, -0.25) is 29.2 Å². The number of aliphatic carboxylic acids is 1. The van der Waals surface area contributed by atoms with Crippen LogP contribution in [0.2, 0.25) is 5.02 Å². The molecule has 4 atom stereocenters. The zero-order valence-corrected chi connectivity index (χ0v) is 23.2. The molecule has 204 valence electrons. The summed E-state index contributed by atoms with van der Waals surface area (Å²) in [4.78, 5) is 56.0. The number of rotatable bonds is 6. The number of carbonyl (C=O) groups excluding carboxylic acids is 2. The molecule has 39 heavy (non-hydrogen) atoms. The van der Waals surface area contributed by atoms with Crippen molar-refractivity contribution < 1.29 is 19.5 Å². The van der Waals surface area contributed by atoms with Gasteiger partial charge in [-0.15, -0.1) is 0 Å². The molecule has 9 nitrogen and oxygen atoms in total. The topological polar surface area (TPSA) is 114 Å². The van der Waals surface area contributed by atoms with E-state index in [-0.39, 0.29) is 29.1 Å². The highest BCUT2D eigenvalue weighted by Gasteiger charge is 2.69. The van der Waals surface area contributed by atoms with E-state index in [0.717, 1.165) is 10.5 Å². The Hall–Kier alpha value is -3.69. The Labute approximate surface area is 231 Å². The minimum Gasteiger partial charge on any atom is -0.480 e. The summed E-state index contributed by atoms with van der Waals surface area (Å²) >= 11 is 6.33. The Morgan fingerprint density at radius 2 is 1.72 bits per heavy atom. The monoisotopic (exact) mass is 550 g/mol. The normalized spacial score (nSPS) is 24.6. The molecule has 2 aliphatic rings. The predicted molar refractivity (Wildman–Crippen MR) is 147 cm³/mol. The highest BCUT2D eigenvalue weighted by Crippen LogP contribution is 2.52. The number of aryl methyl sites for hydroxylation is 1. The van der Waals surface area contributed by atoms with Crippen LogP contribution in [0, 0.1) is 31.6 Å². The van der Waals surface area contributed by atoms with E-state index in [4.69, 9.17) is 11.6 Å². The van der Waals surface area contributed by atoms with Crippen molar-refractivity contribution in [3.63, 3.8) is 0 Å². The minimum absolute atomic E-state index is 0.0975. The fraction of sp³-hybridized carbons (Fsp3) is 0.379. The lowest BCUT2D eigenvalue weighted by Gasteiger charge is -2.32. The van der Waals surface area contributed by atoms with Crippen molar-refractivity contribution in [1.29, 1.82) is 0 Å². The molecular weight excluding hydrogens is 520 g/mol. The molecule has 2 aromatic carbocycles. The number of anilines is 1. The number of nitrogens with zero attached hydrogens (tertiary/aromatic N) is 3. The van der Waals surface area contributed by atoms with Gasteiger partial charge in [-0.05, 0) is 56.0 Å². The lowest BCUT2D eigenvalue weighted by molar-refractivity contribution is -0.149. The fourth-order valence-electron chi connectivity index (χ4n) is 6.29. The minimum atomic E-state index is -1.74. The molecule has 4 unspecified atom stereocenters. The predicted octanol–water partition coefficient (Wildman–Crippen LogP) is 3.77. The third-order valence-corrected chi connectivity index (χ3v) is 8.50. The van der Waals surface area contributed by atoms with Crippen LogP contribution in [0.3, 0.4) is 0 Å². The van der Waals surface area contributed by atoms with Gasteiger partial charge in [-0.25, -0.2) is 9.58 Å². The second-order valence-electron chi connectivity index (χ2n) is 10.9. The summed E-state index contributed by atoms with van der Waals surface area (Å²) < 4.78 is 3.18. The SMILES string of the molecule is Cc1ccc(N2C(=O)C3C(c4c(C)n(C)n(-c5ccccc5)c4=O)NC(CC(C)C)(C(=O)O)C3C2=O)cc1Cl.